The van der Waals surface area contributed by atoms with E-state index in [4.69, 9.17) is 0 Å². The highest BCUT2D eigenvalue weighted by molar-refractivity contribution is 5.78. The van der Waals surface area contributed by atoms with Crippen molar-refractivity contribution in [3.05, 3.63) is 70.5 Å². The predicted octanol–water partition coefficient (Wildman–Crippen LogP) is 3.87. The molecule has 0 atom stereocenters. The minimum Gasteiger partial charge on any atom is -0.352 e. The Morgan fingerprint density at radius 3 is 2.36 bits per heavy atom. The van der Waals surface area contributed by atoms with Crippen molar-refractivity contribution in [3.8, 4) is 0 Å². The van der Waals surface area contributed by atoms with Crippen molar-refractivity contribution in [2.45, 2.75) is 45.1 Å². The van der Waals surface area contributed by atoms with Crippen LogP contribution in [-0.2, 0) is 17.8 Å². The Kier molecular flexibility index (Phi) is 6.42. The number of hydrogen-bond acceptors (Lipinski definition) is 4. The smallest absolute Gasteiger partial charge is 0.294 e. The highest BCUT2D eigenvalue weighted by Crippen LogP contribution is 2.23. The predicted molar refractivity (Wildman–Crippen MR) is 132 cm³/mol. The zero-order chi connectivity index (χ0) is 22.6. The van der Waals surface area contributed by atoms with Gasteiger partial charge in [-0.2, -0.15) is 0 Å². The summed E-state index contributed by atoms with van der Waals surface area (Å²) in [5, 5.41) is 0. The maximum absolute atomic E-state index is 13.3. The summed E-state index contributed by atoms with van der Waals surface area (Å²) < 4.78 is 1.76. The van der Waals surface area contributed by atoms with E-state index < -0.39 is 0 Å². The minimum absolute atomic E-state index is 0.0787. The average Bonchev–Trinajstić information content (AvgIpc) is 3.39. The maximum atomic E-state index is 13.3. The highest BCUT2D eigenvalue weighted by atomic mass is 16.2. The Morgan fingerprint density at radius 2 is 1.61 bits per heavy atom. The van der Waals surface area contributed by atoms with Gasteiger partial charge in [0.05, 0.1) is 11.0 Å². The number of benzene rings is 2. The fourth-order valence-electron chi connectivity index (χ4n) is 5.24. The number of rotatable bonds is 6. The third-order valence-corrected chi connectivity index (χ3v) is 7.12. The topological polar surface area (TPSA) is 58.4 Å². The van der Waals surface area contributed by atoms with E-state index in [0.717, 1.165) is 69.3 Å². The van der Waals surface area contributed by atoms with Crippen LogP contribution in [0.1, 0.15) is 37.7 Å². The molecule has 172 valence electrons. The molecule has 6 heteroatoms. The van der Waals surface area contributed by atoms with Gasteiger partial charge in [-0.3, -0.25) is 9.59 Å². The largest absolute Gasteiger partial charge is 0.352 e. The van der Waals surface area contributed by atoms with Gasteiger partial charge >= 0.3 is 0 Å². The van der Waals surface area contributed by atoms with Gasteiger partial charge in [0.2, 0.25) is 5.91 Å². The van der Waals surface area contributed by atoms with E-state index in [-0.39, 0.29) is 11.5 Å². The van der Waals surface area contributed by atoms with Crippen LogP contribution in [0.2, 0.25) is 0 Å². The van der Waals surface area contributed by atoms with E-state index in [0.29, 0.717) is 24.7 Å². The molecule has 5 rings (SSSR count). The first-order valence-corrected chi connectivity index (χ1v) is 12.3. The highest BCUT2D eigenvalue weighted by Gasteiger charge is 2.24. The standard InChI is InChI=1S/C27H32N4O2/c32-25(29-17-12-22(13-18-29)20-21-8-2-1-3-9-21)14-19-31-24-11-5-4-10-23(24)28-26(27(31)33)30-15-6-7-16-30/h1-5,8-11,22H,6-7,12-20H2. The third-order valence-electron chi connectivity index (χ3n) is 7.12. The zero-order valence-corrected chi connectivity index (χ0v) is 19.2. The van der Waals surface area contributed by atoms with Crippen LogP contribution in [0, 0.1) is 5.92 Å². The van der Waals surface area contributed by atoms with Crippen LogP contribution in [0.4, 0.5) is 5.82 Å². The van der Waals surface area contributed by atoms with E-state index in [1.165, 1.54) is 5.56 Å². The van der Waals surface area contributed by atoms with Crippen molar-refractivity contribution < 1.29 is 4.79 Å². The second-order valence-corrected chi connectivity index (χ2v) is 9.34. The molecule has 33 heavy (non-hydrogen) atoms. The number of piperidine rings is 1. The summed E-state index contributed by atoms with van der Waals surface area (Å²) in [6, 6.07) is 18.4. The second kappa shape index (κ2) is 9.77. The fourth-order valence-corrected chi connectivity index (χ4v) is 5.24. The summed E-state index contributed by atoms with van der Waals surface area (Å²) >= 11 is 0. The second-order valence-electron chi connectivity index (χ2n) is 9.34. The molecule has 0 unspecified atom stereocenters. The number of carbonyl (C=O) groups excluding carboxylic acids is 1. The number of aryl methyl sites for hydroxylation is 1. The van der Waals surface area contributed by atoms with E-state index in [1.807, 2.05) is 29.2 Å². The maximum Gasteiger partial charge on any atom is 0.294 e. The van der Waals surface area contributed by atoms with E-state index in [1.54, 1.807) is 4.57 Å². The van der Waals surface area contributed by atoms with Crippen LogP contribution in [0.5, 0.6) is 0 Å². The van der Waals surface area contributed by atoms with Crippen molar-refractivity contribution in [1.29, 1.82) is 0 Å². The Morgan fingerprint density at radius 1 is 0.909 bits per heavy atom. The van der Waals surface area contributed by atoms with Gasteiger partial charge in [-0.15, -0.1) is 0 Å². The Balaban J connectivity index is 1.25. The lowest BCUT2D eigenvalue weighted by atomic mass is 9.90. The summed E-state index contributed by atoms with van der Waals surface area (Å²) in [4.78, 5) is 35.1. The number of anilines is 1. The van der Waals surface area contributed by atoms with Gasteiger partial charge in [-0.25, -0.2) is 4.98 Å². The van der Waals surface area contributed by atoms with Crippen molar-refractivity contribution in [2.24, 2.45) is 5.92 Å². The van der Waals surface area contributed by atoms with Gasteiger partial charge in [-0.1, -0.05) is 42.5 Å². The molecule has 3 aromatic rings. The molecule has 1 aromatic heterocycles. The minimum atomic E-state index is -0.0787. The van der Waals surface area contributed by atoms with Crippen LogP contribution in [0.15, 0.2) is 59.4 Å². The lowest BCUT2D eigenvalue weighted by molar-refractivity contribution is -0.132. The SMILES string of the molecule is O=C(CCn1c(=O)c(N2CCCC2)nc2ccccc21)N1CCC(Cc2ccccc2)CC1. The molecular formula is C27H32N4O2. The average molecular weight is 445 g/mol. The summed E-state index contributed by atoms with van der Waals surface area (Å²) in [5.41, 5.74) is 2.91. The summed E-state index contributed by atoms with van der Waals surface area (Å²) in [7, 11) is 0. The third kappa shape index (κ3) is 4.80. The molecule has 2 aromatic carbocycles. The van der Waals surface area contributed by atoms with E-state index in [9.17, 15) is 9.59 Å². The number of likely N-dealkylation sites (tertiary alicyclic amines) is 1. The molecule has 0 spiro atoms. The number of carbonyl (C=O) groups is 1. The number of nitrogens with zero attached hydrogens (tertiary/aromatic N) is 4. The van der Waals surface area contributed by atoms with Crippen LogP contribution < -0.4 is 10.5 Å². The normalized spacial score (nSPS) is 17.1. The Labute approximate surface area is 194 Å². The molecule has 6 nitrogen and oxygen atoms in total. The number of amides is 1. The molecule has 2 aliphatic rings. The molecule has 2 aliphatic heterocycles. The quantitative estimate of drug-likeness (QED) is 0.579. The van der Waals surface area contributed by atoms with E-state index in [2.05, 4.69) is 40.2 Å². The summed E-state index contributed by atoms with van der Waals surface area (Å²) in [6.45, 7) is 3.75. The molecule has 0 N–H and O–H groups in total. The van der Waals surface area contributed by atoms with Crippen LogP contribution in [0.3, 0.4) is 0 Å². The number of fused-ring (bicyclic) bond motifs is 1. The molecule has 0 radical (unpaired) electrons. The summed E-state index contributed by atoms with van der Waals surface area (Å²) in [5.74, 6) is 1.30. The number of para-hydroxylation sites is 2. The lowest BCUT2D eigenvalue weighted by Crippen LogP contribution is -2.40. The van der Waals surface area contributed by atoms with Crippen molar-refractivity contribution in [3.63, 3.8) is 0 Å². The molecule has 0 saturated carbocycles. The fraction of sp³-hybridized carbons (Fsp3) is 0.444. The first kappa shape index (κ1) is 21.7. The molecule has 1 amide bonds. The van der Waals surface area contributed by atoms with Gasteiger partial charge in [0.25, 0.3) is 5.56 Å². The van der Waals surface area contributed by atoms with Crippen molar-refractivity contribution >= 4 is 22.8 Å². The number of aromatic nitrogens is 2. The van der Waals surface area contributed by atoms with Crippen LogP contribution in [0.25, 0.3) is 11.0 Å². The lowest BCUT2D eigenvalue weighted by Gasteiger charge is -2.32. The van der Waals surface area contributed by atoms with Gasteiger partial charge in [0.1, 0.15) is 0 Å². The Hall–Kier alpha value is -3.15. The van der Waals surface area contributed by atoms with E-state index >= 15 is 0 Å². The monoisotopic (exact) mass is 444 g/mol. The molecule has 2 saturated heterocycles. The molecule has 3 heterocycles. The van der Waals surface area contributed by atoms with Crippen LogP contribution >= 0.6 is 0 Å². The van der Waals surface area contributed by atoms with Gasteiger partial charge in [0.15, 0.2) is 5.82 Å². The number of hydrogen-bond donors (Lipinski definition) is 0. The zero-order valence-electron chi connectivity index (χ0n) is 19.2. The van der Waals surface area contributed by atoms with Gasteiger partial charge in [0, 0.05) is 39.1 Å². The van der Waals surface area contributed by atoms with Crippen molar-refractivity contribution in [2.75, 3.05) is 31.1 Å². The molecule has 2 fully saturated rings. The Bertz CT molecular complexity index is 1160. The molecule has 0 bridgehead atoms. The first-order valence-electron chi connectivity index (χ1n) is 12.3. The van der Waals surface area contributed by atoms with Gasteiger partial charge in [-0.05, 0) is 55.7 Å². The summed E-state index contributed by atoms with van der Waals surface area (Å²) in [6.07, 6.45) is 5.69. The van der Waals surface area contributed by atoms with Crippen LogP contribution in [-0.4, -0.2) is 46.5 Å². The van der Waals surface area contributed by atoms with Crippen molar-refractivity contribution in [1.82, 2.24) is 14.5 Å². The van der Waals surface area contributed by atoms with Gasteiger partial charge < -0.3 is 14.4 Å². The molecular weight excluding hydrogens is 412 g/mol. The molecule has 0 aliphatic carbocycles. The first-order chi connectivity index (χ1) is 16.2.